The molecule has 37 heavy (non-hydrogen) atoms. The van der Waals surface area contributed by atoms with Crippen molar-refractivity contribution in [3.8, 4) is 0 Å². The van der Waals surface area contributed by atoms with Gasteiger partial charge >= 0.3 is 6.09 Å². The zero-order valence-corrected chi connectivity index (χ0v) is 20.2. The number of nitrogens with zero attached hydrogens (tertiary/aromatic N) is 6. The van der Waals surface area contributed by atoms with Gasteiger partial charge in [-0.1, -0.05) is 36.9 Å². The van der Waals surface area contributed by atoms with Gasteiger partial charge in [0.2, 0.25) is 11.9 Å². The molecule has 0 aliphatic carbocycles. The third kappa shape index (κ3) is 6.07. The normalized spacial score (nSPS) is 17.1. The van der Waals surface area contributed by atoms with E-state index in [2.05, 4.69) is 37.5 Å². The van der Waals surface area contributed by atoms with E-state index in [9.17, 15) is 14.4 Å². The first kappa shape index (κ1) is 25.3. The van der Waals surface area contributed by atoms with Gasteiger partial charge in [0.05, 0.1) is 18.1 Å². The second-order valence-electron chi connectivity index (χ2n) is 8.41. The van der Waals surface area contributed by atoms with E-state index in [-0.39, 0.29) is 42.1 Å². The maximum absolute atomic E-state index is 12.4. The number of benzene rings is 1. The summed E-state index contributed by atoms with van der Waals surface area (Å²) in [7, 11) is 0. The van der Waals surface area contributed by atoms with E-state index < -0.39 is 12.0 Å². The van der Waals surface area contributed by atoms with Crippen molar-refractivity contribution in [2.45, 2.75) is 38.5 Å². The summed E-state index contributed by atoms with van der Waals surface area (Å²) in [4.78, 5) is 42.5. The molecule has 0 saturated carbocycles. The fourth-order valence-electron chi connectivity index (χ4n) is 3.98. The lowest BCUT2D eigenvalue weighted by Gasteiger charge is -2.39. The molecule has 2 aromatic heterocycles. The SMILES string of the molecule is C=CC(=O)N1CCC[C@@H](Nc2nnc(C(N)=O)c(Nc3cnn(C(=O)OCc4ccccc4)c3)n2)[C@H]1C. The number of nitrogens with two attached hydrogens (primary N) is 1. The maximum atomic E-state index is 12.4. The van der Waals surface area contributed by atoms with Crippen LogP contribution in [0.25, 0.3) is 0 Å². The Morgan fingerprint density at radius 1 is 1.24 bits per heavy atom. The molecular formula is C24H27N9O4. The molecule has 1 saturated heterocycles. The molecule has 13 heteroatoms. The summed E-state index contributed by atoms with van der Waals surface area (Å²) in [6.45, 7) is 6.21. The van der Waals surface area contributed by atoms with Crippen LogP contribution in [0.1, 0.15) is 35.8 Å². The Kier molecular flexibility index (Phi) is 7.71. The Bertz CT molecular complexity index is 1290. The summed E-state index contributed by atoms with van der Waals surface area (Å²) in [5, 5.41) is 18.0. The summed E-state index contributed by atoms with van der Waals surface area (Å²) in [5.41, 5.74) is 6.44. The van der Waals surface area contributed by atoms with Crippen LogP contribution in [0.5, 0.6) is 0 Å². The van der Waals surface area contributed by atoms with E-state index in [1.165, 1.54) is 18.5 Å². The quantitative estimate of drug-likeness (QED) is 0.385. The summed E-state index contributed by atoms with van der Waals surface area (Å²) >= 11 is 0. The first-order valence-electron chi connectivity index (χ1n) is 11.6. The minimum absolute atomic E-state index is 0.0321. The van der Waals surface area contributed by atoms with Gasteiger partial charge in [-0.15, -0.1) is 10.2 Å². The summed E-state index contributed by atoms with van der Waals surface area (Å²) < 4.78 is 6.28. The second-order valence-corrected chi connectivity index (χ2v) is 8.41. The summed E-state index contributed by atoms with van der Waals surface area (Å²) in [5.74, 6) is -0.808. The first-order valence-corrected chi connectivity index (χ1v) is 11.6. The fraction of sp³-hybridized carbons (Fsp3) is 0.292. The smallest absolute Gasteiger partial charge is 0.435 e. The second kappa shape index (κ2) is 11.3. The number of amides is 2. The molecular weight excluding hydrogens is 478 g/mol. The van der Waals surface area contributed by atoms with Crippen molar-refractivity contribution in [2.24, 2.45) is 5.73 Å². The van der Waals surface area contributed by atoms with E-state index in [4.69, 9.17) is 10.5 Å². The number of carbonyl (C=O) groups is 3. The number of hydrogen-bond donors (Lipinski definition) is 3. The lowest BCUT2D eigenvalue weighted by atomic mass is 9.97. The Hall–Kier alpha value is -4.81. The maximum Gasteiger partial charge on any atom is 0.435 e. The van der Waals surface area contributed by atoms with Crippen molar-refractivity contribution in [2.75, 3.05) is 17.2 Å². The molecule has 1 fully saturated rings. The van der Waals surface area contributed by atoms with Crippen LogP contribution in [-0.2, 0) is 16.1 Å². The molecule has 1 aliphatic heterocycles. The van der Waals surface area contributed by atoms with Crippen molar-refractivity contribution in [1.82, 2.24) is 29.9 Å². The van der Waals surface area contributed by atoms with Gasteiger partial charge in [0.1, 0.15) is 6.61 Å². The van der Waals surface area contributed by atoms with Crippen LogP contribution in [0.3, 0.4) is 0 Å². The van der Waals surface area contributed by atoms with E-state index >= 15 is 0 Å². The predicted octanol–water partition coefficient (Wildman–Crippen LogP) is 2.07. The standard InChI is InChI=1S/C24H27N9O4/c1-3-19(34)32-11-7-10-18(15(32)2)28-23-29-22(20(21(25)35)30-31-23)27-17-12-26-33(13-17)24(36)37-14-16-8-5-4-6-9-16/h3-6,8-9,12-13,15,18H,1,7,10-11,14H2,2H3,(H2,25,35)(H2,27,28,29,31)/t15-,18-/m1/s1. The molecule has 13 nitrogen and oxygen atoms in total. The van der Waals surface area contributed by atoms with Crippen molar-refractivity contribution in [3.05, 3.63) is 66.6 Å². The van der Waals surface area contributed by atoms with Crippen molar-refractivity contribution < 1.29 is 19.1 Å². The first-order chi connectivity index (χ1) is 17.9. The van der Waals surface area contributed by atoms with E-state index in [1.807, 2.05) is 37.3 Å². The van der Waals surface area contributed by atoms with Crippen LogP contribution in [0.4, 0.5) is 22.2 Å². The van der Waals surface area contributed by atoms with Gasteiger partial charge in [0.25, 0.3) is 5.91 Å². The number of carbonyl (C=O) groups excluding carboxylic acids is 3. The summed E-state index contributed by atoms with van der Waals surface area (Å²) in [6, 6.07) is 8.95. The number of hydrogen-bond acceptors (Lipinski definition) is 10. The minimum Gasteiger partial charge on any atom is -0.443 e. The molecule has 1 aliphatic rings. The lowest BCUT2D eigenvalue weighted by molar-refractivity contribution is -0.129. The summed E-state index contributed by atoms with van der Waals surface area (Å²) in [6.07, 6.45) is 4.93. The molecule has 4 N–H and O–H groups in total. The minimum atomic E-state index is -0.836. The highest BCUT2D eigenvalue weighted by atomic mass is 16.6. The van der Waals surface area contributed by atoms with Gasteiger partial charge in [-0.2, -0.15) is 14.8 Å². The number of primary amides is 1. The van der Waals surface area contributed by atoms with Crippen molar-refractivity contribution in [1.29, 1.82) is 0 Å². The molecule has 2 amide bonds. The monoisotopic (exact) mass is 505 g/mol. The topological polar surface area (TPSA) is 170 Å². The average Bonchev–Trinajstić information content (AvgIpc) is 3.37. The van der Waals surface area contributed by atoms with Crippen molar-refractivity contribution >= 4 is 35.4 Å². The van der Waals surface area contributed by atoms with Crippen LogP contribution in [0, 0.1) is 0 Å². The van der Waals surface area contributed by atoms with Gasteiger partial charge in [-0.25, -0.2) is 4.79 Å². The highest BCUT2D eigenvalue weighted by molar-refractivity contribution is 5.96. The van der Waals surface area contributed by atoms with E-state index in [1.54, 1.807) is 4.90 Å². The predicted molar refractivity (Wildman–Crippen MR) is 134 cm³/mol. The van der Waals surface area contributed by atoms with Crippen LogP contribution in [0.2, 0.25) is 0 Å². The van der Waals surface area contributed by atoms with E-state index in [0.29, 0.717) is 12.2 Å². The zero-order chi connectivity index (χ0) is 26.4. The molecule has 0 bridgehead atoms. The molecule has 2 atom stereocenters. The Morgan fingerprint density at radius 2 is 2.03 bits per heavy atom. The van der Waals surface area contributed by atoms with E-state index in [0.717, 1.165) is 23.1 Å². The van der Waals surface area contributed by atoms with Crippen LogP contribution in [0.15, 0.2) is 55.4 Å². The van der Waals surface area contributed by atoms with Gasteiger partial charge in [-0.05, 0) is 31.4 Å². The highest BCUT2D eigenvalue weighted by Gasteiger charge is 2.31. The molecule has 4 rings (SSSR count). The van der Waals surface area contributed by atoms with Gasteiger partial charge in [0, 0.05) is 18.6 Å². The number of piperidine rings is 1. The molecule has 0 unspecified atom stereocenters. The number of anilines is 3. The fourth-order valence-corrected chi connectivity index (χ4v) is 3.98. The largest absolute Gasteiger partial charge is 0.443 e. The highest BCUT2D eigenvalue weighted by Crippen LogP contribution is 2.23. The van der Waals surface area contributed by atoms with Gasteiger partial charge in [0.15, 0.2) is 11.5 Å². The third-order valence-electron chi connectivity index (χ3n) is 5.92. The number of nitrogens with one attached hydrogen (secondary N) is 2. The molecule has 3 aromatic rings. The van der Waals surface area contributed by atoms with Crippen LogP contribution >= 0.6 is 0 Å². The molecule has 3 heterocycles. The van der Waals surface area contributed by atoms with Crippen LogP contribution in [-0.4, -0.2) is 66.4 Å². The molecule has 1 aromatic carbocycles. The number of rotatable bonds is 8. The van der Waals surface area contributed by atoms with Crippen molar-refractivity contribution in [3.63, 3.8) is 0 Å². The Morgan fingerprint density at radius 3 is 2.76 bits per heavy atom. The van der Waals surface area contributed by atoms with Gasteiger partial charge < -0.3 is 26.0 Å². The Balaban J connectivity index is 1.46. The van der Waals surface area contributed by atoms with Gasteiger partial charge in [-0.3, -0.25) is 9.59 Å². The number of aromatic nitrogens is 5. The lowest BCUT2D eigenvalue weighted by Crippen LogP contribution is -2.51. The van der Waals surface area contributed by atoms with Crippen LogP contribution < -0.4 is 16.4 Å². The number of likely N-dealkylation sites (tertiary alicyclic amines) is 1. The Labute approximate surface area is 212 Å². The average molecular weight is 506 g/mol. The molecule has 0 spiro atoms. The third-order valence-corrected chi connectivity index (χ3v) is 5.92. The zero-order valence-electron chi connectivity index (χ0n) is 20.2. The molecule has 0 radical (unpaired) electrons. The number of ether oxygens (including phenoxy) is 1. The molecule has 192 valence electrons.